The van der Waals surface area contributed by atoms with Crippen molar-refractivity contribution in [2.24, 2.45) is 0 Å². The van der Waals surface area contributed by atoms with Crippen LogP contribution < -0.4 is 0 Å². The standard InChI is InChI=1S/C24H19NO/c1-18-9-8-14-21-17-23(20-12-6-3-7-13-20)24(25(18)21)22(15-16-26)19-10-4-2-5-11-19/h2-17H,1H3/b22-15+. The van der Waals surface area contributed by atoms with Gasteiger partial charge in [0.2, 0.25) is 0 Å². The molecule has 126 valence electrons. The maximum absolute atomic E-state index is 11.5. The first-order chi connectivity index (χ1) is 12.8. The molecule has 0 unspecified atom stereocenters. The van der Waals surface area contributed by atoms with E-state index in [1.807, 2.05) is 48.5 Å². The Bertz CT molecular complexity index is 1090. The number of allylic oxidation sites excluding steroid dienone is 1. The van der Waals surface area contributed by atoms with Gasteiger partial charge in [-0.15, -0.1) is 0 Å². The van der Waals surface area contributed by atoms with Crippen molar-refractivity contribution in [2.75, 3.05) is 0 Å². The summed E-state index contributed by atoms with van der Waals surface area (Å²) in [5.41, 5.74) is 7.51. The second kappa shape index (κ2) is 6.85. The largest absolute Gasteiger partial charge is 0.313 e. The third-order valence-corrected chi connectivity index (χ3v) is 4.65. The fourth-order valence-electron chi connectivity index (χ4n) is 3.49. The van der Waals surface area contributed by atoms with Gasteiger partial charge in [0.25, 0.3) is 0 Å². The van der Waals surface area contributed by atoms with Gasteiger partial charge in [-0.2, -0.15) is 0 Å². The van der Waals surface area contributed by atoms with Crippen LogP contribution in [0.4, 0.5) is 0 Å². The molecule has 0 saturated carbocycles. The molecule has 0 saturated heterocycles. The lowest BCUT2D eigenvalue weighted by atomic mass is 9.96. The maximum Gasteiger partial charge on any atom is 0.143 e. The van der Waals surface area contributed by atoms with Gasteiger partial charge in [0.1, 0.15) is 6.29 Å². The van der Waals surface area contributed by atoms with E-state index in [9.17, 15) is 4.79 Å². The van der Waals surface area contributed by atoms with Crippen LogP contribution in [-0.2, 0) is 4.79 Å². The number of benzene rings is 2. The minimum atomic E-state index is 0.870. The van der Waals surface area contributed by atoms with E-state index in [1.165, 1.54) is 0 Å². The van der Waals surface area contributed by atoms with Gasteiger partial charge < -0.3 is 4.40 Å². The predicted molar refractivity (Wildman–Crippen MR) is 107 cm³/mol. The summed E-state index contributed by atoms with van der Waals surface area (Å²) in [7, 11) is 0. The normalized spacial score (nSPS) is 11.7. The molecule has 0 aliphatic heterocycles. The maximum atomic E-state index is 11.5. The number of hydrogen-bond donors (Lipinski definition) is 0. The summed E-state index contributed by atoms with van der Waals surface area (Å²) in [5, 5.41) is 0. The Morgan fingerprint density at radius 3 is 2.23 bits per heavy atom. The van der Waals surface area contributed by atoms with Crippen LogP contribution in [0, 0.1) is 6.92 Å². The van der Waals surface area contributed by atoms with Crippen molar-refractivity contribution < 1.29 is 4.79 Å². The van der Waals surface area contributed by atoms with E-state index >= 15 is 0 Å². The Hall–Kier alpha value is -3.39. The summed E-state index contributed by atoms with van der Waals surface area (Å²) in [6, 6.07) is 28.8. The first-order valence-electron chi connectivity index (χ1n) is 8.67. The van der Waals surface area contributed by atoms with Gasteiger partial charge in [0.15, 0.2) is 0 Å². The van der Waals surface area contributed by atoms with Crippen LogP contribution in [0.5, 0.6) is 0 Å². The van der Waals surface area contributed by atoms with E-state index < -0.39 is 0 Å². The smallest absolute Gasteiger partial charge is 0.143 e. The molecule has 0 N–H and O–H groups in total. The van der Waals surface area contributed by atoms with E-state index in [-0.39, 0.29) is 0 Å². The zero-order chi connectivity index (χ0) is 17.9. The minimum absolute atomic E-state index is 0.870. The summed E-state index contributed by atoms with van der Waals surface area (Å²) >= 11 is 0. The molecule has 0 fully saturated rings. The van der Waals surface area contributed by atoms with Gasteiger partial charge in [0.05, 0.1) is 5.69 Å². The number of rotatable bonds is 4. The molecule has 2 nitrogen and oxygen atoms in total. The summed E-state index contributed by atoms with van der Waals surface area (Å²) in [6.07, 6.45) is 2.53. The number of carbonyl (C=O) groups excluding carboxylic acids is 1. The second-order valence-corrected chi connectivity index (χ2v) is 6.28. The fourth-order valence-corrected chi connectivity index (χ4v) is 3.49. The topological polar surface area (TPSA) is 21.5 Å². The molecule has 0 bridgehead atoms. The average molecular weight is 337 g/mol. The quantitative estimate of drug-likeness (QED) is 0.354. The molecular weight excluding hydrogens is 318 g/mol. The van der Waals surface area contributed by atoms with Crippen molar-refractivity contribution in [3.63, 3.8) is 0 Å². The molecule has 0 aliphatic carbocycles. The van der Waals surface area contributed by atoms with Crippen LogP contribution in [0.2, 0.25) is 0 Å². The third kappa shape index (κ3) is 2.76. The van der Waals surface area contributed by atoms with Crippen molar-refractivity contribution in [3.8, 4) is 11.1 Å². The Morgan fingerprint density at radius 2 is 1.54 bits per heavy atom. The highest BCUT2D eigenvalue weighted by molar-refractivity contribution is 5.95. The van der Waals surface area contributed by atoms with Crippen molar-refractivity contribution in [3.05, 3.63) is 108 Å². The number of pyridine rings is 1. The third-order valence-electron chi connectivity index (χ3n) is 4.65. The highest BCUT2D eigenvalue weighted by Crippen LogP contribution is 2.36. The molecule has 0 aliphatic rings. The van der Waals surface area contributed by atoms with Crippen LogP contribution in [0.25, 0.3) is 22.2 Å². The molecule has 2 heterocycles. The zero-order valence-electron chi connectivity index (χ0n) is 14.6. The van der Waals surface area contributed by atoms with Gasteiger partial charge in [-0.25, -0.2) is 0 Å². The van der Waals surface area contributed by atoms with E-state index in [0.717, 1.165) is 45.5 Å². The second-order valence-electron chi connectivity index (χ2n) is 6.28. The monoisotopic (exact) mass is 337 g/mol. The van der Waals surface area contributed by atoms with Gasteiger partial charge in [-0.1, -0.05) is 66.7 Å². The zero-order valence-corrected chi connectivity index (χ0v) is 14.6. The minimum Gasteiger partial charge on any atom is -0.313 e. The summed E-state index contributed by atoms with van der Waals surface area (Å²) in [4.78, 5) is 11.5. The number of nitrogens with zero attached hydrogens (tertiary/aromatic N) is 1. The summed E-state index contributed by atoms with van der Waals surface area (Å²) in [5.74, 6) is 0. The van der Waals surface area contributed by atoms with E-state index in [0.29, 0.717) is 0 Å². The molecule has 2 heteroatoms. The van der Waals surface area contributed by atoms with Crippen LogP contribution in [0.15, 0.2) is 91.0 Å². The number of aromatic nitrogens is 1. The predicted octanol–water partition coefficient (Wildman–Crippen LogP) is 5.55. The number of aldehydes is 1. The van der Waals surface area contributed by atoms with Crippen molar-refractivity contribution in [1.29, 1.82) is 0 Å². The van der Waals surface area contributed by atoms with E-state index in [4.69, 9.17) is 0 Å². The first-order valence-corrected chi connectivity index (χ1v) is 8.67. The van der Waals surface area contributed by atoms with Gasteiger partial charge in [0, 0.05) is 22.3 Å². The lowest BCUT2D eigenvalue weighted by molar-refractivity contribution is -0.104. The molecule has 2 aromatic carbocycles. The molecule has 0 atom stereocenters. The summed E-state index contributed by atoms with van der Waals surface area (Å²) < 4.78 is 2.23. The Balaban J connectivity index is 2.10. The molecule has 0 spiro atoms. The van der Waals surface area contributed by atoms with Crippen molar-refractivity contribution in [2.45, 2.75) is 6.92 Å². The highest BCUT2D eigenvalue weighted by atomic mass is 16.1. The van der Waals surface area contributed by atoms with Gasteiger partial charge in [-0.05, 0) is 42.3 Å². The molecule has 4 rings (SSSR count). The van der Waals surface area contributed by atoms with Crippen molar-refractivity contribution >= 4 is 17.4 Å². The van der Waals surface area contributed by atoms with Gasteiger partial charge >= 0.3 is 0 Å². The number of hydrogen-bond acceptors (Lipinski definition) is 1. The number of fused-ring (bicyclic) bond motifs is 1. The summed E-state index contributed by atoms with van der Waals surface area (Å²) in [6.45, 7) is 2.09. The molecule has 4 aromatic rings. The van der Waals surface area contributed by atoms with Crippen LogP contribution >= 0.6 is 0 Å². The molecule has 2 aromatic heterocycles. The highest BCUT2D eigenvalue weighted by Gasteiger charge is 2.18. The number of aryl methyl sites for hydroxylation is 1. The number of carbonyl (C=O) groups is 1. The van der Waals surface area contributed by atoms with Crippen LogP contribution in [0.1, 0.15) is 17.0 Å². The first kappa shape index (κ1) is 16.1. The molecule has 0 radical (unpaired) electrons. The van der Waals surface area contributed by atoms with E-state index in [2.05, 4.69) is 47.7 Å². The van der Waals surface area contributed by atoms with Crippen LogP contribution in [-0.4, -0.2) is 10.7 Å². The van der Waals surface area contributed by atoms with E-state index in [1.54, 1.807) is 6.08 Å². The van der Waals surface area contributed by atoms with Crippen LogP contribution in [0.3, 0.4) is 0 Å². The van der Waals surface area contributed by atoms with Crippen molar-refractivity contribution in [1.82, 2.24) is 4.40 Å². The Labute approximate surface area is 153 Å². The Morgan fingerprint density at radius 1 is 0.846 bits per heavy atom. The molecular formula is C24H19NO. The lowest BCUT2D eigenvalue weighted by Gasteiger charge is -2.13. The average Bonchev–Trinajstić information content (AvgIpc) is 3.08. The fraction of sp³-hybridized carbons (Fsp3) is 0.0417. The molecule has 26 heavy (non-hydrogen) atoms. The molecule has 0 amide bonds. The lowest BCUT2D eigenvalue weighted by Crippen LogP contribution is -1.99. The van der Waals surface area contributed by atoms with Gasteiger partial charge in [-0.3, -0.25) is 4.79 Å². The Kier molecular flexibility index (Phi) is 4.24. The SMILES string of the molecule is Cc1cccc2cc(-c3ccccc3)c(/C(=C/C=O)c3ccccc3)n12.